The molecule has 19 heavy (non-hydrogen) atoms. The first-order valence-corrected chi connectivity index (χ1v) is 7.33. The Morgan fingerprint density at radius 3 is 2.58 bits per heavy atom. The van der Waals surface area contributed by atoms with Crippen molar-refractivity contribution >= 4 is 57.4 Å². The molecule has 0 radical (unpaired) electrons. The van der Waals surface area contributed by atoms with Crippen LogP contribution in [-0.2, 0) is 0 Å². The summed E-state index contributed by atoms with van der Waals surface area (Å²) in [6, 6.07) is 10.6. The molecule has 0 saturated carbocycles. The molecule has 0 aromatic heterocycles. The third kappa shape index (κ3) is 3.61. The van der Waals surface area contributed by atoms with Crippen LogP contribution in [0.3, 0.4) is 0 Å². The lowest BCUT2D eigenvalue weighted by Gasteiger charge is -2.09. The Bertz CT molecular complexity index is 643. The highest BCUT2D eigenvalue weighted by atomic mass is 127. The van der Waals surface area contributed by atoms with E-state index in [-0.39, 0.29) is 5.91 Å². The Kier molecular flexibility index (Phi) is 4.71. The van der Waals surface area contributed by atoms with Crippen molar-refractivity contribution < 1.29 is 4.79 Å². The van der Waals surface area contributed by atoms with E-state index in [2.05, 4.69) is 27.9 Å². The lowest BCUT2D eigenvalue weighted by Crippen LogP contribution is -2.13. The lowest BCUT2D eigenvalue weighted by molar-refractivity contribution is 0.102. The summed E-state index contributed by atoms with van der Waals surface area (Å²) in [7, 11) is 0. The number of hydrogen-bond donors (Lipinski definition) is 1. The minimum absolute atomic E-state index is 0.200. The van der Waals surface area contributed by atoms with Gasteiger partial charge in [0.15, 0.2) is 0 Å². The second-order valence-electron chi connectivity index (χ2n) is 4.06. The Morgan fingerprint density at radius 1 is 1.16 bits per heavy atom. The third-order valence-electron chi connectivity index (χ3n) is 2.55. The second kappa shape index (κ2) is 6.11. The Balaban J connectivity index is 2.28. The number of anilines is 1. The number of amides is 1. The molecule has 0 spiro atoms. The van der Waals surface area contributed by atoms with Crippen molar-refractivity contribution in [2.45, 2.75) is 6.92 Å². The fourth-order valence-corrected chi connectivity index (χ4v) is 2.84. The summed E-state index contributed by atoms with van der Waals surface area (Å²) in [5.41, 5.74) is 2.24. The summed E-state index contributed by atoms with van der Waals surface area (Å²) in [6.45, 7) is 1.98. The Morgan fingerprint density at radius 2 is 1.89 bits per heavy atom. The molecule has 1 N–H and O–H groups in total. The first kappa shape index (κ1) is 14.6. The van der Waals surface area contributed by atoms with Crippen molar-refractivity contribution in [3.05, 3.63) is 61.1 Å². The second-order valence-corrected chi connectivity index (χ2v) is 6.07. The highest BCUT2D eigenvalue weighted by molar-refractivity contribution is 14.1. The average Bonchev–Trinajstić information content (AvgIpc) is 2.33. The van der Waals surface area contributed by atoms with Crippen LogP contribution >= 0.6 is 45.8 Å². The topological polar surface area (TPSA) is 29.1 Å². The fraction of sp³-hybridized carbons (Fsp3) is 0.0714. The molecule has 98 valence electrons. The van der Waals surface area contributed by atoms with Crippen molar-refractivity contribution in [1.29, 1.82) is 0 Å². The molecule has 1 amide bonds. The Labute approximate surface area is 135 Å². The maximum atomic E-state index is 12.2. The van der Waals surface area contributed by atoms with Gasteiger partial charge >= 0.3 is 0 Å². The van der Waals surface area contributed by atoms with E-state index in [1.54, 1.807) is 24.3 Å². The number of halogens is 3. The van der Waals surface area contributed by atoms with Crippen molar-refractivity contribution in [2.24, 2.45) is 0 Å². The number of nitrogens with one attached hydrogen (secondary N) is 1. The van der Waals surface area contributed by atoms with E-state index in [1.807, 2.05) is 19.1 Å². The molecule has 0 aliphatic heterocycles. The van der Waals surface area contributed by atoms with Crippen LogP contribution in [0.15, 0.2) is 36.4 Å². The van der Waals surface area contributed by atoms with E-state index in [4.69, 9.17) is 23.2 Å². The normalized spacial score (nSPS) is 10.3. The van der Waals surface area contributed by atoms with Gasteiger partial charge in [-0.1, -0.05) is 34.8 Å². The molecule has 0 unspecified atom stereocenters. The molecule has 5 heteroatoms. The first-order chi connectivity index (χ1) is 8.97. The maximum Gasteiger partial charge on any atom is 0.256 e. The van der Waals surface area contributed by atoms with Gasteiger partial charge in [-0.25, -0.2) is 0 Å². The summed E-state index contributed by atoms with van der Waals surface area (Å²) in [5.74, 6) is -0.200. The van der Waals surface area contributed by atoms with Crippen molar-refractivity contribution in [3.8, 4) is 0 Å². The van der Waals surface area contributed by atoms with Gasteiger partial charge in [-0.05, 0) is 59.8 Å². The van der Waals surface area contributed by atoms with Crippen LogP contribution in [0.25, 0.3) is 0 Å². The van der Waals surface area contributed by atoms with Crippen LogP contribution < -0.4 is 5.32 Å². The lowest BCUT2D eigenvalue weighted by atomic mass is 10.1. The summed E-state index contributed by atoms with van der Waals surface area (Å²) >= 11 is 14.0. The average molecular weight is 406 g/mol. The number of rotatable bonds is 2. The minimum Gasteiger partial charge on any atom is -0.321 e. The molecular formula is C14H10Cl2INO. The van der Waals surface area contributed by atoms with Crippen LogP contribution in [0, 0.1) is 10.5 Å². The maximum absolute atomic E-state index is 12.2. The van der Waals surface area contributed by atoms with E-state index in [0.717, 1.165) is 9.13 Å². The number of benzene rings is 2. The van der Waals surface area contributed by atoms with E-state index in [9.17, 15) is 4.79 Å². The highest BCUT2D eigenvalue weighted by Gasteiger charge is 2.12. The highest BCUT2D eigenvalue weighted by Crippen LogP contribution is 2.26. The van der Waals surface area contributed by atoms with E-state index < -0.39 is 0 Å². The number of hydrogen-bond acceptors (Lipinski definition) is 1. The largest absolute Gasteiger partial charge is 0.321 e. The van der Waals surface area contributed by atoms with E-state index in [0.29, 0.717) is 21.3 Å². The van der Waals surface area contributed by atoms with Crippen LogP contribution in [0.4, 0.5) is 5.69 Å². The van der Waals surface area contributed by atoms with Crippen molar-refractivity contribution in [2.75, 3.05) is 5.32 Å². The minimum atomic E-state index is -0.200. The van der Waals surface area contributed by atoms with Gasteiger partial charge < -0.3 is 5.32 Å². The summed E-state index contributed by atoms with van der Waals surface area (Å²) in [6.07, 6.45) is 0. The molecule has 0 fully saturated rings. The van der Waals surface area contributed by atoms with Gasteiger partial charge in [0.05, 0.1) is 16.3 Å². The molecule has 2 nitrogen and oxygen atoms in total. The van der Waals surface area contributed by atoms with Crippen LogP contribution in [-0.4, -0.2) is 5.91 Å². The van der Waals surface area contributed by atoms with Gasteiger partial charge in [0.1, 0.15) is 0 Å². The summed E-state index contributed by atoms with van der Waals surface area (Å²) < 4.78 is 0.897. The summed E-state index contributed by atoms with van der Waals surface area (Å²) in [5, 5.41) is 3.75. The predicted octanol–water partition coefficient (Wildman–Crippen LogP) is 5.16. The standard InChI is InChI=1S/C14H10Cl2INO/c1-8-2-4-10(12(17)6-8)14(19)18-13-7-9(15)3-5-11(13)16/h2-7H,1H3,(H,18,19). The van der Waals surface area contributed by atoms with Gasteiger partial charge in [-0.15, -0.1) is 0 Å². The van der Waals surface area contributed by atoms with Gasteiger partial charge in [0.25, 0.3) is 5.91 Å². The molecule has 0 saturated heterocycles. The van der Waals surface area contributed by atoms with Crippen LogP contribution in [0.2, 0.25) is 10.0 Å². The van der Waals surface area contributed by atoms with Crippen molar-refractivity contribution in [1.82, 2.24) is 0 Å². The molecule has 0 heterocycles. The third-order valence-corrected chi connectivity index (χ3v) is 4.00. The summed E-state index contributed by atoms with van der Waals surface area (Å²) in [4.78, 5) is 12.2. The van der Waals surface area contributed by atoms with Gasteiger partial charge in [-0.2, -0.15) is 0 Å². The predicted molar refractivity (Wildman–Crippen MR) is 88.3 cm³/mol. The molecule has 0 atom stereocenters. The first-order valence-electron chi connectivity index (χ1n) is 5.50. The van der Waals surface area contributed by atoms with Crippen molar-refractivity contribution in [3.63, 3.8) is 0 Å². The Hall–Kier alpha value is -0.780. The molecular weight excluding hydrogens is 396 g/mol. The zero-order valence-corrected chi connectivity index (χ0v) is 13.7. The van der Waals surface area contributed by atoms with Gasteiger partial charge in [0, 0.05) is 8.59 Å². The van der Waals surface area contributed by atoms with E-state index in [1.165, 1.54) is 0 Å². The molecule has 0 aliphatic carbocycles. The van der Waals surface area contributed by atoms with Crippen LogP contribution in [0.5, 0.6) is 0 Å². The molecule has 0 bridgehead atoms. The zero-order chi connectivity index (χ0) is 14.0. The number of carbonyl (C=O) groups excluding carboxylic acids is 1. The smallest absolute Gasteiger partial charge is 0.256 e. The molecule has 2 aromatic carbocycles. The van der Waals surface area contributed by atoms with Gasteiger partial charge in [0.2, 0.25) is 0 Å². The molecule has 0 aliphatic rings. The molecule has 2 aromatic rings. The molecule has 2 rings (SSSR count). The van der Waals surface area contributed by atoms with Gasteiger partial charge in [-0.3, -0.25) is 4.79 Å². The number of carbonyl (C=O) groups is 1. The quantitative estimate of drug-likeness (QED) is 0.687. The zero-order valence-electron chi connectivity index (χ0n) is 10.0. The monoisotopic (exact) mass is 405 g/mol. The SMILES string of the molecule is Cc1ccc(C(=O)Nc2cc(Cl)ccc2Cl)c(I)c1. The fourth-order valence-electron chi connectivity index (χ4n) is 1.59. The van der Waals surface area contributed by atoms with Crippen LogP contribution in [0.1, 0.15) is 15.9 Å². The van der Waals surface area contributed by atoms with E-state index >= 15 is 0 Å². The number of aryl methyl sites for hydroxylation is 1.